The van der Waals surface area contributed by atoms with Crippen molar-refractivity contribution in [1.29, 1.82) is 0 Å². The average molecular weight is 228 g/mol. The molecule has 1 aliphatic rings. The minimum absolute atomic E-state index is 0.136. The summed E-state index contributed by atoms with van der Waals surface area (Å²) in [4.78, 5) is 11.7. The summed E-state index contributed by atoms with van der Waals surface area (Å²) in [7, 11) is 0. The van der Waals surface area contributed by atoms with Gasteiger partial charge in [-0.15, -0.1) is 0 Å². The van der Waals surface area contributed by atoms with Crippen LogP contribution >= 0.6 is 0 Å². The van der Waals surface area contributed by atoms with E-state index in [4.69, 9.17) is 5.73 Å². The molecule has 0 saturated heterocycles. The van der Waals surface area contributed by atoms with Crippen molar-refractivity contribution >= 4 is 11.6 Å². The van der Waals surface area contributed by atoms with Crippen LogP contribution in [0.1, 0.15) is 24.8 Å². The second-order valence-electron chi connectivity index (χ2n) is 4.20. The van der Waals surface area contributed by atoms with Crippen LogP contribution in [0.2, 0.25) is 0 Å². The van der Waals surface area contributed by atoms with Gasteiger partial charge in [-0.25, -0.2) is 0 Å². The van der Waals surface area contributed by atoms with E-state index in [0.29, 0.717) is 6.54 Å². The second-order valence-corrected chi connectivity index (χ2v) is 4.20. The zero-order valence-electron chi connectivity index (χ0n) is 9.70. The molecule has 1 saturated carbocycles. The molecule has 0 radical (unpaired) electrons. The Morgan fingerprint density at radius 2 is 2.06 bits per heavy atom. The van der Waals surface area contributed by atoms with E-state index in [9.17, 15) is 4.79 Å². The highest BCUT2D eigenvalue weighted by Gasteiger charge is 2.24. The number of anilines is 1. The molecule has 0 atom stereocenters. The van der Waals surface area contributed by atoms with Gasteiger partial charge in [0, 0.05) is 17.2 Å². The van der Waals surface area contributed by atoms with Crippen LogP contribution in [-0.2, 0) is 4.79 Å². The minimum atomic E-state index is 0.136. The molecule has 1 fully saturated rings. The van der Waals surface area contributed by atoms with E-state index in [1.165, 1.54) is 6.42 Å². The summed E-state index contributed by atoms with van der Waals surface area (Å²) >= 11 is 0. The highest BCUT2D eigenvalue weighted by molar-refractivity contribution is 5.93. The van der Waals surface area contributed by atoms with Gasteiger partial charge in [-0.1, -0.05) is 18.3 Å². The summed E-state index contributed by atoms with van der Waals surface area (Å²) in [5.74, 6) is 6.08. The van der Waals surface area contributed by atoms with E-state index < -0.39 is 0 Å². The van der Waals surface area contributed by atoms with E-state index in [-0.39, 0.29) is 11.8 Å². The number of hydrogen-bond donors (Lipinski definition) is 2. The summed E-state index contributed by atoms with van der Waals surface area (Å²) in [6, 6.07) is 7.52. The molecular formula is C14H16N2O. The first-order valence-corrected chi connectivity index (χ1v) is 5.89. The van der Waals surface area contributed by atoms with Gasteiger partial charge in [-0.3, -0.25) is 4.79 Å². The molecule has 1 aliphatic carbocycles. The third-order valence-corrected chi connectivity index (χ3v) is 2.96. The maximum Gasteiger partial charge on any atom is 0.227 e. The molecule has 0 bridgehead atoms. The smallest absolute Gasteiger partial charge is 0.227 e. The Morgan fingerprint density at radius 3 is 2.59 bits per heavy atom. The SMILES string of the molecule is NCC#Cc1ccc(NC(=O)C2CCC2)cc1. The normalized spacial score (nSPS) is 14.4. The van der Waals surface area contributed by atoms with Gasteiger partial charge in [0.2, 0.25) is 5.91 Å². The highest BCUT2D eigenvalue weighted by atomic mass is 16.1. The fraction of sp³-hybridized carbons (Fsp3) is 0.357. The topological polar surface area (TPSA) is 55.1 Å². The monoisotopic (exact) mass is 228 g/mol. The molecule has 3 nitrogen and oxygen atoms in total. The fourth-order valence-corrected chi connectivity index (χ4v) is 1.70. The number of benzene rings is 1. The van der Waals surface area contributed by atoms with Crippen LogP contribution in [0.15, 0.2) is 24.3 Å². The van der Waals surface area contributed by atoms with Crippen LogP contribution in [-0.4, -0.2) is 12.5 Å². The van der Waals surface area contributed by atoms with Crippen LogP contribution in [0, 0.1) is 17.8 Å². The molecule has 0 heterocycles. The lowest BCUT2D eigenvalue weighted by molar-refractivity contribution is -0.122. The Balaban J connectivity index is 1.95. The van der Waals surface area contributed by atoms with Crippen molar-refractivity contribution in [2.45, 2.75) is 19.3 Å². The van der Waals surface area contributed by atoms with E-state index in [2.05, 4.69) is 17.2 Å². The molecular weight excluding hydrogens is 212 g/mol. The number of rotatable bonds is 2. The predicted octanol–water partition coefficient (Wildman–Crippen LogP) is 1.74. The number of carbonyl (C=O) groups is 1. The summed E-state index contributed by atoms with van der Waals surface area (Å²) in [5, 5.41) is 2.92. The van der Waals surface area contributed by atoms with Gasteiger partial charge in [0.05, 0.1) is 6.54 Å². The van der Waals surface area contributed by atoms with Crippen molar-refractivity contribution in [3.63, 3.8) is 0 Å². The molecule has 0 unspecified atom stereocenters. The molecule has 3 N–H and O–H groups in total. The lowest BCUT2D eigenvalue weighted by atomic mass is 9.85. The molecule has 0 aliphatic heterocycles. The third-order valence-electron chi connectivity index (χ3n) is 2.96. The van der Waals surface area contributed by atoms with Gasteiger partial charge >= 0.3 is 0 Å². The van der Waals surface area contributed by atoms with Gasteiger partial charge < -0.3 is 11.1 Å². The van der Waals surface area contributed by atoms with Gasteiger partial charge in [0.25, 0.3) is 0 Å². The standard InChI is InChI=1S/C14H16N2O/c15-10-2-3-11-6-8-13(9-7-11)16-14(17)12-4-1-5-12/h6-9,12H,1,4-5,10,15H2,(H,16,17). The molecule has 1 amide bonds. The van der Waals surface area contributed by atoms with Gasteiger partial charge in [0.1, 0.15) is 0 Å². The molecule has 0 aromatic heterocycles. The minimum Gasteiger partial charge on any atom is -0.326 e. The zero-order chi connectivity index (χ0) is 12.1. The van der Waals surface area contributed by atoms with Crippen molar-refractivity contribution in [2.75, 3.05) is 11.9 Å². The first-order chi connectivity index (χ1) is 8.29. The predicted molar refractivity (Wildman–Crippen MR) is 68.3 cm³/mol. The highest BCUT2D eigenvalue weighted by Crippen LogP contribution is 2.27. The first-order valence-electron chi connectivity index (χ1n) is 5.89. The van der Waals surface area contributed by atoms with E-state index in [1.807, 2.05) is 24.3 Å². The maximum absolute atomic E-state index is 11.7. The third kappa shape index (κ3) is 3.08. The Kier molecular flexibility index (Phi) is 3.79. The Morgan fingerprint density at radius 1 is 1.35 bits per heavy atom. The maximum atomic E-state index is 11.7. The number of amides is 1. The van der Waals surface area contributed by atoms with Crippen LogP contribution in [0.25, 0.3) is 0 Å². The molecule has 0 spiro atoms. The molecule has 1 aromatic rings. The quantitative estimate of drug-likeness (QED) is 0.757. The first kappa shape index (κ1) is 11.7. The van der Waals surface area contributed by atoms with Crippen LogP contribution in [0.3, 0.4) is 0 Å². The lowest BCUT2D eigenvalue weighted by Crippen LogP contribution is -2.27. The molecule has 1 aromatic carbocycles. The molecule has 88 valence electrons. The van der Waals surface area contributed by atoms with Crippen LogP contribution in [0.5, 0.6) is 0 Å². The Hall–Kier alpha value is -1.79. The number of nitrogens with two attached hydrogens (primary N) is 1. The zero-order valence-corrected chi connectivity index (χ0v) is 9.70. The lowest BCUT2D eigenvalue weighted by Gasteiger charge is -2.23. The summed E-state index contributed by atoms with van der Waals surface area (Å²) in [5.41, 5.74) is 7.04. The fourth-order valence-electron chi connectivity index (χ4n) is 1.70. The molecule has 2 rings (SSSR count). The number of nitrogens with one attached hydrogen (secondary N) is 1. The largest absolute Gasteiger partial charge is 0.326 e. The van der Waals surface area contributed by atoms with Crippen molar-refractivity contribution < 1.29 is 4.79 Å². The number of carbonyl (C=O) groups excluding carboxylic acids is 1. The van der Waals surface area contributed by atoms with E-state index in [1.54, 1.807) is 0 Å². The summed E-state index contributed by atoms with van der Waals surface area (Å²) < 4.78 is 0. The molecule has 17 heavy (non-hydrogen) atoms. The van der Waals surface area contributed by atoms with Crippen molar-refractivity contribution in [1.82, 2.24) is 0 Å². The van der Waals surface area contributed by atoms with Gasteiger partial charge in [-0.2, -0.15) is 0 Å². The summed E-state index contributed by atoms with van der Waals surface area (Å²) in [6.07, 6.45) is 3.21. The average Bonchev–Trinajstić information content (AvgIpc) is 2.26. The Labute approximate surface area is 101 Å². The Bertz CT molecular complexity index is 449. The molecule has 3 heteroatoms. The van der Waals surface area contributed by atoms with Crippen LogP contribution in [0.4, 0.5) is 5.69 Å². The van der Waals surface area contributed by atoms with Gasteiger partial charge in [0.15, 0.2) is 0 Å². The van der Waals surface area contributed by atoms with Crippen molar-refractivity contribution in [3.8, 4) is 11.8 Å². The van der Waals surface area contributed by atoms with E-state index in [0.717, 1.165) is 24.1 Å². The van der Waals surface area contributed by atoms with Crippen molar-refractivity contribution in [2.24, 2.45) is 11.7 Å². The van der Waals surface area contributed by atoms with Gasteiger partial charge in [-0.05, 0) is 37.1 Å². The van der Waals surface area contributed by atoms with Crippen LogP contribution < -0.4 is 11.1 Å². The number of hydrogen-bond acceptors (Lipinski definition) is 2. The van der Waals surface area contributed by atoms with Crippen molar-refractivity contribution in [3.05, 3.63) is 29.8 Å². The second kappa shape index (κ2) is 5.51. The van der Waals surface area contributed by atoms with E-state index >= 15 is 0 Å². The summed E-state index contributed by atoms with van der Waals surface area (Å²) in [6.45, 7) is 0.361.